The molecular weight excluding hydrogens is 322 g/mol. The van der Waals surface area contributed by atoms with Gasteiger partial charge >= 0.3 is 0 Å². The maximum atomic E-state index is 3.81. The van der Waals surface area contributed by atoms with Crippen molar-refractivity contribution in [2.24, 2.45) is 0 Å². The predicted molar refractivity (Wildman–Crippen MR) is 90.8 cm³/mol. The topological polar surface area (TPSA) is 12.0 Å². The van der Waals surface area contributed by atoms with Crippen LogP contribution in [0.1, 0.15) is 34.6 Å². The minimum Gasteiger partial charge on any atom is -0.313 e. The molecule has 108 valence electrons. The Hall–Kier alpha value is -1.12. The number of rotatable bonds is 3. The summed E-state index contributed by atoms with van der Waals surface area (Å²) in [6.45, 7) is 1.13. The molecule has 0 aliphatic heterocycles. The second-order valence-corrected chi connectivity index (χ2v) is 7.28. The van der Waals surface area contributed by atoms with Crippen molar-refractivity contribution in [2.45, 2.75) is 37.6 Å². The third-order valence-corrected chi connectivity index (χ3v) is 5.50. The highest BCUT2D eigenvalue weighted by atomic mass is 79.9. The Kier molecular flexibility index (Phi) is 3.60. The Balaban J connectivity index is 1.36. The minimum atomic E-state index is 0.645. The maximum absolute atomic E-state index is 3.81. The van der Waals surface area contributed by atoms with Crippen molar-refractivity contribution in [3.8, 4) is 0 Å². The van der Waals surface area contributed by atoms with Crippen molar-refractivity contribution < 1.29 is 0 Å². The highest BCUT2D eigenvalue weighted by Gasteiger charge is 2.26. The SMILES string of the molecule is Brc1ccc2c(c1)CCC(NCC1Cc3ccccc31)C2. The number of aryl methyl sites for hydroxylation is 1. The second-order valence-electron chi connectivity index (χ2n) is 6.36. The van der Waals surface area contributed by atoms with E-state index in [0.29, 0.717) is 6.04 Å². The summed E-state index contributed by atoms with van der Waals surface area (Å²) in [6, 6.07) is 16.3. The summed E-state index contributed by atoms with van der Waals surface area (Å²) in [5, 5.41) is 3.81. The van der Waals surface area contributed by atoms with E-state index in [2.05, 4.69) is 63.7 Å². The van der Waals surface area contributed by atoms with E-state index in [4.69, 9.17) is 0 Å². The predicted octanol–water partition coefficient (Wildman–Crippen LogP) is 4.24. The molecule has 0 bridgehead atoms. The third-order valence-electron chi connectivity index (χ3n) is 5.01. The van der Waals surface area contributed by atoms with Gasteiger partial charge in [0.05, 0.1) is 0 Å². The summed E-state index contributed by atoms with van der Waals surface area (Å²) in [7, 11) is 0. The number of fused-ring (bicyclic) bond motifs is 2. The lowest BCUT2D eigenvalue weighted by Crippen LogP contribution is -2.39. The zero-order valence-electron chi connectivity index (χ0n) is 12.1. The fourth-order valence-corrected chi connectivity index (χ4v) is 4.16. The number of hydrogen-bond acceptors (Lipinski definition) is 1. The van der Waals surface area contributed by atoms with Crippen molar-refractivity contribution >= 4 is 15.9 Å². The van der Waals surface area contributed by atoms with Gasteiger partial charge in [-0.2, -0.15) is 0 Å². The van der Waals surface area contributed by atoms with Gasteiger partial charge in [-0.1, -0.05) is 46.3 Å². The van der Waals surface area contributed by atoms with Crippen LogP contribution in [-0.2, 0) is 19.3 Å². The lowest BCUT2D eigenvalue weighted by atomic mass is 9.77. The molecule has 0 aromatic heterocycles. The first kappa shape index (κ1) is 13.5. The van der Waals surface area contributed by atoms with Gasteiger partial charge in [-0.15, -0.1) is 0 Å². The molecule has 2 heteroatoms. The molecule has 2 aliphatic carbocycles. The molecular formula is C19H20BrN. The Morgan fingerprint density at radius 2 is 1.90 bits per heavy atom. The number of halogens is 1. The van der Waals surface area contributed by atoms with Crippen molar-refractivity contribution in [1.82, 2.24) is 5.32 Å². The monoisotopic (exact) mass is 341 g/mol. The van der Waals surface area contributed by atoms with Gasteiger partial charge in [0.25, 0.3) is 0 Å². The summed E-state index contributed by atoms with van der Waals surface area (Å²) in [5.41, 5.74) is 6.15. The zero-order chi connectivity index (χ0) is 14.2. The fourth-order valence-electron chi connectivity index (χ4n) is 3.75. The van der Waals surface area contributed by atoms with Gasteiger partial charge in [-0.3, -0.25) is 0 Å². The number of nitrogens with one attached hydrogen (secondary N) is 1. The minimum absolute atomic E-state index is 0.645. The zero-order valence-corrected chi connectivity index (χ0v) is 13.7. The van der Waals surface area contributed by atoms with Crippen LogP contribution >= 0.6 is 15.9 Å². The summed E-state index contributed by atoms with van der Waals surface area (Å²) in [4.78, 5) is 0. The van der Waals surface area contributed by atoms with Crippen LogP contribution in [0.4, 0.5) is 0 Å². The summed E-state index contributed by atoms with van der Waals surface area (Å²) < 4.78 is 1.21. The van der Waals surface area contributed by atoms with E-state index in [1.807, 2.05) is 0 Å². The van der Waals surface area contributed by atoms with E-state index in [0.717, 1.165) is 12.5 Å². The fraction of sp³-hybridized carbons (Fsp3) is 0.368. The highest BCUT2D eigenvalue weighted by molar-refractivity contribution is 9.10. The molecule has 1 nitrogen and oxygen atoms in total. The summed E-state index contributed by atoms with van der Waals surface area (Å²) >= 11 is 3.57. The molecule has 21 heavy (non-hydrogen) atoms. The van der Waals surface area contributed by atoms with Gasteiger partial charge in [-0.25, -0.2) is 0 Å². The van der Waals surface area contributed by atoms with Gasteiger partial charge in [0, 0.05) is 23.0 Å². The van der Waals surface area contributed by atoms with Crippen molar-refractivity contribution in [3.63, 3.8) is 0 Å². The van der Waals surface area contributed by atoms with Crippen LogP contribution < -0.4 is 5.32 Å². The molecule has 0 fully saturated rings. The average Bonchev–Trinajstić information content (AvgIpc) is 2.48. The molecule has 2 aromatic carbocycles. The van der Waals surface area contributed by atoms with Crippen molar-refractivity contribution in [2.75, 3.05) is 6.54 Å². The molecule has 0 saturated heterocycles. The molecule has 2 atom stereocenters. The van der Waals surface area contributed by atoms with Gasteiger partial charge in [0.1, 0.15) is 0 Å². The van der Waals surface area contributed by atoms with Gasteiger partial charge in [-0.05, 0) is 60.1 Å². The first-order valence-electron chi connectivity index (χ1n) is 7.88. The molecule has 4 rings (SSSR count). The molecule has 2 aromatic rings. The van der Waals surface area contributed by atoms with Crippen LogP contribution in [-0.4, -0.2) is 12.6 Å². The average molecular weight is 342 g/mol. The molecule has 0 spiro atoms. The van der Waals surface area contributed by atoms with E-state index in [1.54, 1.807) is 11.1 Å². The van der Waals surface area contributed by atoms with Crippen molar-refractivity contribution in [1.29, 1.82) is 0 Å². The highest BCUT2D eigenvalue weighted by Crippen LogP contribution is 2.34. The van der Waals surface area contributed by atoms with E-state index < -0.39 is 0 Å². The van der Waals surface area contributed by atoms with E-state index in [1.165, 1.54) is 41.3 Å². The number of hydrogen-bond donors (Lipinski definition) is 1. The van der Waals surface area contributed by atoms with Gasteiger partial charge in [0.2, 0.25) is 0 Å². The van der Waals surface area contributed by atoms with Crippen LogP contribution in [0.5, 0.6) is 0 Å². The first-order valence-corrected chi connectivity index (χ1v) is 8.67. The molecule has 0 radical (unpaired) electrons. The molecule has 0 amide bonds. The summed E-state index contributed by atoms with van der Waals surface area (Å²) in [6.07, 6.45) is 4.89. The smallest absolute Gasteiger partial charge is 0.0178 e. The van der Waals surface area contributed by atoms with Crippen LogP contribution in [0.2, 0.25) is 0 Å². The van der Waals surface area contributed by atoms with Crippen LogP contribution in [0.3, 0.4) is 0 Å². The van der Waals surface area contributed by atoms with Crippen LogP contribution in [0.25, 0.3) is 0 Å². The van der Waals surface area contributed by atoms with E-state index in [9.17, 15) is 0 Å². The first-order chi connectivity index (χ1) is 10.3. The van der Waals surface area contributed by atoms with Crippen molar-refractivity contribution in [3.05, 3.63) is 69.2 Å². The Bertz CT molecular complexity index is 664. The Labute approximate surface area is 134 Å². The van der Waals surface area contributed by atoms with Crippen LogP contribution in [0.15, 0.2) is 46.9 Å². The Morgan fingerprint density at radius 1 is 1.00 bits per heavy atom. The summed E-state index contributed by atoms with van der Waals surface area (Å²) in [5.74, 6) is 0.729. The number of benzene rings is 2. The standard InChI is InChI=1S/C19H20BrN/c20-17-7-5-14-11-18(8-6-13(14)10-17)21-12-16-9-15-3-1-2-4-19(15)16/h1-5,7,10,16,18,21H,6,8-9,11-12H2. The van der Waals surface area contributed by atoms with Gasteiger partial charge < -0.3 is 5.32 Å². The molecule has 2 aliphatic rings. The molecule has 0 saturated carbocycles. The lowest BCUT2D eigenvalue weighted by Gasteiger charge is -2.33. The molecule has 1 N–H and O–H groups in total. The second kappa shape index (κ2) is 5.58. The quantitative estimate of drug-likeness (QED) is 0.880. The van der Waals surface area contributed by atoms with Gasteiger partial charge in [0.15, 0.2) is 0 Å². The molecule has 0 heterocycles. The normalized spacial score (nSPS) is 23.1. The van der Waals surface area contributed by atoms with Crippen LogP contribution in [0, 0.1) is 0 Å². The largest absolute Gasteiger partial charge is 0.313 e. The Morgan fingerprint density at radius 3 is 2.81 bits per heavy atom. The van der Waals surface area contributed by atoms with E-state index in [-0.39, 0.29) is 0 Å². The van der Waals surface area contributed by atoms with E-state index >= 15 is 0 Å². The lowest BCUT2D eigenvalue weighted by molar-refractivity contribution is 0.424. The third kappa shape index (κ3) is 2.67. The maximum Gasteiger partial charge on any atom is 0.0178 e. The molecule has 2 unspecified atom stereocenters.